The number of esters is 1. The van der Waals surface area contributed by atoms with Gasteiger partial charge in [0.15, 0.2) is 18.1 Å². The van der Waals surface area contributed by atoms with Crippen molar-refractivity contribution in [2.45, 2.75) is 11.3 Å². The van der Waals surface area contributed by atoms with Crippen LogP contribution in [0.3, 0.4) is 0 Å². The fraction of sp³-hybridized carbons (Fsp3) is 0.391. The van der Waals surface area contributed by atoms with Crippen LogP contribution in [-0.4, -0.2) is 83.6 Å². The van der Waals surface area contributed by atoms with E-state index in [0.29, 0.717) is 22.8 Å². The minimum atomic E-state index is -3.61. The molecule has 2 aromatic rings. The van der Waals surface area contributed by atoms with Crippen molar-refractivity contribution in [2.24, 2.45) is 0 Å². The molecule has 184 valence electrons. The summed E-state index contributed by atoms with van der Waals surface area (Å²) in [7, 11) is 0.826. The van der Waals surface area contributed by atoms with Crippen LogP contribution < -0.4 is 14.2 Å². The highest BCUT2D eigenvalue weighted by Crippen LogP contribution is 2.38. The van der Waals surface area contributed by atoms with E-state index in [2.05, 4.69) is 0 Å². The van der Waals surface area contributed by atoms with E-state index in [4.69, 9.17) is 18.9 Å². The lowest BCUT2D eigenvalue weighted by Crippen LogP contribution is -2.51. The van der Waals surface area contributed by atoms with Crippen LogP contribution in [0.2, 0.25) is 0 Å². The van der Waals surface area contributed by atoms with E-state index in [1.54, 1.807) is 42.5 Å². The van der Waals surface area contributed by atoms with Gasteiger partial charge >= 0.3 is 5.97 Å². The van der Waals surface area contributed by atoms with Gasteiger partial charge in [0.2, 0.25) is 15.8 Å². The molecule has 0 aliphatic carbocycles. The molecule has 1 aliphatic rings. The summed E-state index contributed by atoms with van der Waals surface area (Å²) in [5.74, 6) is 0.252. The first-order chi connectivity index (χ1) is 16.3. The molecule has 0 saturated carbocycles. The van der Waals surface area contributed by atoms with Crippen molar-refractivity contribution in [3.8, 4) is 17.2 Å². The first-order valence-corrected chi connectivity index (χ1v) is 12.0. The van der Waals surface area contributed by atoms with Gasteiger partial charge in [-0.3, -0.25) is 9.59 Å². The van der Waals surface area contributed by atoms with Gasteiger partial charge in [0.05, 0.1) is 32.6 Å². The fourth-order valence-electron chi connectivity index (χ4n) is 3.61. The SMILES string of the molecule is COc1cc(CC(=O)OCC(=O)N2CCN(S(=O)(=O)c3ccccc3)CC2)cc(OC)c1OC. The summed E-state index contributed by atoms with van der Waals surface area (Å²) in [6.07, 6.45) is -0.0902. The maximum Gasteiger partial charge on any atom is 0.310 e. The number of amides is 1. The Morgan fingerprint density at radius 2 is 1.47 bits per heavy atom. The summed E-state index contributed by atoms with van der Waals surface area (Å²) in [6, 6.07) is 11.4. The molecule has 0 radical (unpaired) electrons. The number of methoxy groups -OCH3 is 3. The van der Waals surface area contributed by atoms with Crippen LogP contribution in [0.25, 0.3) is 0 Å². The number of piperazine rings is 1. The number of hydrogen-bond acceptors (Lipinski definition) is 8. The molecule has 3 rings (SSSR count). The van der Waals surface area contributed by atoms with Gasteiger partial charge in [0.1, 0.15) is 0 Å². The second-order valence-corrected chi connectivity index (χ2v) is 9.41. The number of rotatable bonds is 9. The van der Waals surface area contributed by atoms with E-state index in [9.17, 15) is 18.0 Å². The highest BCUT2D eigenvalue weighted by Gasteiger charge is 2.30. The predicted octanol–water partition coefficient (Wildman–Crippen LogP) is 1.33. The zero-order chi connectivity index (χ0) is 24.7. The van der Waals surface area contributed by atoms with Gasteiger partial charge in [-0.1, -0.05) is 18.2 Å². The third-order valence-electron chi connectivity index (χ3n) is 5.40. The van der Waals surface area contributed by atoms with Crippen LogP contribution in [0.15, 0.2) is 47.4 Å². The molecule has 2 aromatic carbocycles. The van der Waals surface area contributed by atoms with E-state index in [0.717, 1.165) is 0 Å². The number of benzene rings is 2. The highest BCUT2D eigenvalue weighted by molar-refractivity contribution is 7.89. The molecule has 11 heteroatoms. The van der Waals surface area contributed by atoms with E-state index in [1.165, 1.54) is 30.5 Å². The lowest BCUT2D eigenvalue weighted by molar-refractivity contribution is -0.152. The fourth-order valence-corrected chi connectivity index (χ4v) is 5.05. The third-order valence-corrected chi connectivity index (χ3v) is 7.31. The Kier molecular flexibility index (Phi) is 8.35. The standard InChI is InChI=1S/C23H28N2O8S/c1-30-19-13-17(14-20(31-2)23(19)32-3)15-22(27)33-16-21(26)24-9-11-25(12-10-24)34(28,29)18-7-5-4-6-8-18/h4-8,13-14H,9-12,15-16H2,1-3H3. The minimum Gasteiger partial charge on any atom is -0.493 e. The molecular formula is C23H28N2O8S. The third kappa shape index (κ3) is 5.78. The van der Waals surface area contributed by atoms with Gasteiger partial charge in [-0.2, -0.15) is 4.31 Å². The quantitative estimate of drug-likeness (QED) is 0.482. The van der Waals surface area contributed by atoms with E-state index in [1.807, 2.05) is 0 Å². The molecule has 1 amide bonds. The van der Waals surface area contributed by atoms with Crippen molar-refractivity contribution in [3.63, 3.8) is 0 Å². The maximum absolute atomic E-state index is 12.7. The van der Waals surface area contributed by atoms with Crippen LogP contribution in [0, 0.1) is 0 Å². The smallest absolute Gasteiger partial charge is 0.310 e. The Morgan fingerprint density at radius 1 is 0.882 bits per heavy atom. The van der Waals surface area contributed by atoms with Crippen molar-refractivity contribution in [1.29, 1.82) is 0 Å². The van der Waals surface area contributed by atoms with Gasteiger partial charge in [-0.25, -0.2) is 8.42 Å². The van der Waals surface area contributed by atoms with Crippen molar-refractivity contribution in [1.82, 2.24) is 9.21 Å². The van der Waals surface area contributed by atoms with E-state index < -0.39 is 22.6 Å². The Balaban J connectivity index is 1.51. The van der Waals surface area contributed by atoms with Crippen molar-refractivity contribution in [3.05, 3.63) is 48.0 Å². The monoisotopic (exact) mass is 492 g/mol. The summed E-state index contributed by atoms with van der Waals surface area (Å²) >= 11 is 0. The van der Waals surface area contributed by atoms with Crippen LogP contribution in [-0.2, 0) is 30.8 Å². The Hall–Kier alpha value is -3.31. The zero-order valence-electron chi connectivity index (χ0n) is 19.4. The number of ether oxygens (including phenoxy) is 4. The van der Waals surface area contributed by atoms with Gasteiger partial charge < -0.3 is 23.8 Å². The molecule has 1 aliphatic heterocycles. The Bertz CT molecular complexity index is 1090. The van der Waals surface area contributed by atoms with Gasteiger partial charge in [0, 0.05) is 26.2 Å². The lowest BCUT2D eigenvalue weighted by atomic mass is 10.1. The first kappa shape index (κ1) is 25.3. The largest absolute Gasteiger partial charge is 0.493 e. The van der Waals surface area contributed by atoms with Crippen LogP contribution in [0.4, 0.5) is 0 Å². The molecule has 1 fully saturated rings. The van der Waals surface area contributed by atoms with Crippen LogP contribution >= 0.6 is 0 Å². The number of carbonyl (C=O) groups excluding carboxylic acids is 2. The van der Waals surface area contributed by atoms with Gasteiger partial charge in [-0.05, 0) is 29.8 Å². The average Bonchev–Trinajstić information content (AvgIpc) is 2.87. The lowest BCUT2D eigenvalue weighted by Gasteiger charge is -2.33. The van der Waals surface area contributed by atoms with Crippen LogP contribution in [0.5, 0.6) is 17.2 Å². The molecule has 1 heterocycles. The molecular weight excluding hydrogens is 464 g/mol. The van der Waals surface area contributed by atoms with Crippen molar-refractivity contribution in [2.75, 3.05) is 54.1 Å². The van der Waals surface area contributed by atoms with Crippen LogP contribution in [0.1, 0.15) is 5.56 Å². The maximum atomic E-state index is 12.7. The second kappa shape index (κ2) is 11.2. The Labute approximate surface area is 199 Å². The molecule has 0 atom stereocenters. The second-order valence-electron chi connectivity index (χ2n) is 7.47. The molecule has 0 N–H and O–H groups in total. The molecule has 0 unspecified atom stereocenters. The summed E-state index contributed by atoms with van der Waals surface area (Å²) < 4.78 is 47.7. The molecule has 34 heavy (non-hydrogen) atoms. The number of carbonyl (C=O) groups is 2. The summed E-state index contributed by atoms with van der Waals surface area (Å²) in [6.45, 7) is 0.351. The van der Waals surface area contributed by atoms with E-state index in [-0.39, 0.29) is 43.4 Å². The average molecular weight is 493 g/mol. The van der Waals surface area contributed by atoms with Crippen molar-refractivity contribution >= 4 is 21.9 Å². The number of hydrogen-bond donors (Lipinski definition) is 0. The molecule has 0 spiro atoms. The minimum absolute atomic E-state index is 0.0902. The normalized spacial score (nSPS) is 14.4. The van der Waals surface area contributed by atoms with Gasteiger partial charge in [0.25, 0.3) is 5.91 Å². The molecule has 0 aromatic heterocycles. The first-order valence-electron chi connectivity index (χ1n) is 10.6. The van der Waals surface area contributed by atoms with E-state index >= 15 is 0 Å². The molecule has 1 saturated heterocycles. The predicted molar refractivity (Wildman–Crippen MR) is 123 cm³/mol. The summed E-state index contributed by atoms with van der Waals surface area (Å²) in [5, 5.41) is 0. The number of sulfonamides is 1. The summed E-state index contributed by atoms with van der Waals surface area (Å²) in [5.41, 5.74) is 0.576. The van der Waals surface area contributed by atoms with Gasteiger partial charge in [-0.15, -0.1) is 0 Å². The van der Waals surface area contributed by atoms with Crippen molar-refractivity contribution < 1.29 is 37.0 Å². The Morgan fingerprint density at radius 3 is 2.00 bits per heavy atom. The molecule has 0 bridgehead atoms. The molecule has 10 nitrogen and oxygen atoms in total. The number of nitrogens with zero attached hydrogens (tertiary/aromatic N) is 2. The summed E-state index contributed by atoms with van der Waals surface area (Å²) in [4.78, 5) is 26.5. The zero-order valence-corrected chi connectivity index (χ0v) is 20.2. The topological polar surface area (TPSA) is 112 Å². The highest BCUT2D eigenvalue weighted by atomic mass is 32.2.